The molecule has 1 rings (SSSR count). The lowest BCUT2D eigenvalue weighted by Gasteiger charge is -2.05. The van der Waals surface area contributed by atoms with Gasteiger partial charge in [0.25, 0.3) is 0 Å². The minimum absolute atomic E-state index is 1.38. The Kier molecular flexibility index (Phi) is 6.51. The molecule has 0 aromatic heterocycles. The summed E-state index contributed by atoms with van der Waals surface area (Å²) in [6, 6.07) is 0. The molecule has 0 aromatic rings. The summed E-state index contributed by atoms with van der Waals surface area (Å²) in [4.78, 5) is 0. The van der Waals surface area contributed by atoms with Crippen LogP contribution in [-0.2, 0) is 0 Å². The third-order valence-electron chi connectivity index (χ3n) is 2.82. The van der Waals surface area contributed by atoms with Crippen LogP contribution in [0.2, 0.25) is 12.6 Å². The predicted octanol–water partition coefficient (Wildman–Crippen LogP) is 4.05. The smallest absolute Gasteiger partial charge is 0.0803 e. The van der Waals surface area contributed by atoms with Gasteiger partial charge >= 0.3 is 0 Å². The van der Waals surface area contributed by atoms with Crippen LogP contribution in [0.1, 0.15) is 57.8 Å². The fourth-order valence-corrected chi connectivity index (χ4v) is 1.96. The summed E-state index contributed by atoms with van der Waals surface area (Å²) < 4.78 is 0. The van der Waals surface area contributed by atoms with Gasteiger partial charge in [0.15, 0.2) is 0 Å². The van der Waals surface area contributed by atoms with E-state index in [0.717, 1.165) is 0 Å². The number of hydrogen-bond acceptors (Lipinski definition) is 0. The van der Waals surface area contributed by atoms with Crippen molar-refractivity contribution in [3.8, 4) is 0 Å². The van der Waals surface area contributed by atoms with Crippen LogP contribution in [-0.4, -0.2) is 7.28 Å². The molecule has 1 heterocycles. The Bertz CT molecular complexity index is 48.0. The van der Waals surface area contributed by atoms with Gasteiger partial charge in [0.1, 0.15) is 7.28 Å². The summed E-state index contributed by atoms with van der Waals surface area (Å²) in [6.07, 6.45) is 16.0. The zero-order valence-electron chi connectivity index (χ0n) is 8.36. The monoisotopic (exact) mass is 165 g/mol. The van der Waals surface area contributed by atoms with Gasteiger partial charge in [-0.05, 0) is 0 Å². The van der Waals surface area contributed by atoms with Gasteiger partial charge in [-0.1, -0.05) is 70.4 Å². The molecule has 1 heteroatoms. The standard InChI is InChI=1S/C11H22B/c1-2-4-6-8-10-12-11-9-7-5-3-1/h1-11H2. The molecule has 0 aromatic carbocycles. The first-order chi connectivity index (χ1) is 6.00. The van der Waals surface area contributed by atoms with Crippen LogP contribution in [0.5, 0.6) is 0 Å². The number of rotatable bonds is 0. The highest BCUT2D eigenvalue weighted by Crippen LogP contribution is 2.13. The molecule has 0 saturated carbocycles. The fraction of sp³-hybridized carbons (Fsp3) is 1.00. The van der Waals surface area contributed by atoms with Crippen molar-refractivity contribution in [3.63, 3.8) is 0 Å². The second-order valence-corrected chi connectivity index (χ2v) is 4.05. The van der Waals surface area contributed by atoms with Gasteiger partial charge in [-0.15, -0.1) is 0 Å². The van der Waals surface area contributed by atoms with Crippen molar-refractivity contribution in [1.82, 2.24) is 0 Å². The summed E-state index contributed by atoms with van der Waals surface area (Å²) >= 11 is 0. The molecular formula is C11H22B. The fourth-order valence-electron chi connectivity index (χ4n) is 1.96. The Morgan fingerprint density at radius 3 is 1.17 bits per heavy atom. The van der Waals surface area contributed by atoms with Crippen molar-refractivity contribution in [2.75, 3.05) is 0 Å². The highest BCUT2D eigenvalue weighted by molar-refractivity contribution is 6.35. The summed E-state index contributed by atoms with van der Waals surface area (Å²) in [6.45, 7) is 0. The topological polar surface area (TPSA) is 0 Å². The Balaban J connectivity index is 2.00. The number of hydrogen-bond donors (Lipinski definition) is 0. The molecule has 0 unspecified atom stereocenters. The first-order valence-corrected chi connectivity index (χ1v) is 5.82. The van der Waals surface area contributed by atoms with E-state index < -0.39 is 0 Å². The van der Waals surface area contributed by atoms with Crippen LogP contribution < -0.4 is 0 Å². The normalized spacial score (nSPS) is 23.3. The van der Waals surface area contributed by atoms with Crippen molar-refractivity contribution in [1.29, 1.82) is 0 Å². The molecule has 0 nitrogen and oxygen atoms in total. The van der Waals surface area contributed by atoms with Gasteiger partial charge in [-0.2, -0.15) is 0 Å². The molecule has 12 heavy (non-hydrogen) atoms. The maximum absolute atomic E-state index is 2.50. The molecule has 0 amide bonds. The molecule has 69 valence electrons. The van der Waals surface area contributed by atoms with Crippen molar-refractivity contribution in [3.05, 3.63) is 0 Å². The van der Waals surface area contributed by atoms with E-state index in [0.29, 0.717) is 0 Å². The third-order valence-corrected chi connectivity index (χ3v) is 2.82. The average Bonchev–Trinajstić information content (AvgIpc) is 2.05. The van der Waals surface area contributed by atoms with Crippen molar-refractivity contribution in [2.24, 2.45) is 0 Å². The van der Waals surface area contributed by atoms with Crippen LogP contribution in [0.3, 0.4) is 0 Å². The van der Waals surface area contributed by atoms with E-state index in [4.69, 9.17) is 0 Å². The van der Waals surface area contributed by atoms with E-state index >= 15 is 0 Å². The molecule has 0 N–H and O–H groups in total. The second-order valence-electron chi connectivity index (χ2n) is 4.05. The average molecular weight is 165 g/mol. The van der Waals surface area contributed by atoms with E-state index in [2.05, 4.69) is 7.28 Å². The predicted molar refractivity (Wildman–Crippen MR) is 56.9 cm³/mol. The summed E-state index contributed by atoms with van der Waals surface area (Å²) in [5.74, 6) is 0. The summed E-state index contributed by atoms with van der Waals surface area (Å²) in [7, 11) is 2.50. The highest BCUT2D eigenvalue weighted by Gasteiger charge is 1.97. The van der Waals surface area contributed by atoms with Crippen LogP contribution in [0.4, 0.5) is 0 Å². The first kappa shape index (κ1) is 10.1. The zero-order chi connectivity index (χ0) is 8.49. The van der Waals surface area contributed by atoms with Gasteiger partial charge in [-0.3, -0.25) is 0 Å². The zero-order valence-corrected chi connectivity index (χ0v) is 8.36. The van der Waals surface area contributed by atoms with E-state index in [1.54, 1.807) is 0 Å². The first-order valence-electron chi connectivity index (χ1n) is 5.82. The van der Waals surface area contributed by atoms with Crippen molar-refractivity contribution >= 4 is 7.28 Å². The second kappa shape index (κ2) is 7.70. The van der Waals surface area contributed by atoms with Gasteiger partial charge in [0.2, 0.25) is 0 Å². The maximum atomic E-state index is 2.50. The van der Waals surface area contributed by atoms with Gasteiger partial charge in [0, 0.05) is 0 Å². The quantitative estimate of drug-likeness (QED) is 0.475. The van der Waals surface area contributed by atoms with Gasteiger partial charge < -0.3 is 0 Å². The molecule has 1 radical (unpaired) electrons. The lowest BCUT2D eigenvalue weighted by molar-refractivity contribution is 0.567. The molecule has 1 aliphatic heterocycles. The van der Waals surface area contributed by atoms with Crippen LogP contribution >= 0.6 is 0 Å². The molecule has 0 spiro atoms. The van der Waals surface area contributed by atoms with E-state index in [-0.39, 0.29) is 0 Å². The van der Waals surface area contributed by atoms with Crippen LogP contribution in [0.15, 0.2) is 0 Å². The lowest BCUT2D eigenvalue weighted by Crippen LogP contribution is -1.91. The third kappa shape index (κ3) is 5.68. The van der Waals surface area contributed by atoms with Crippen molar-refractivity contribution in [2.45, 2.75) is 70.4 Å². The van der Waals surface area contributed by atoms with E-state index in [9.17, 15) is 0 Å². The summed E-state index contributed by atoms with van der Waals surface area (Å²) in [5.41, 5.74) is 0. The lowest BCUT2D eigenvalue weighted by atomic mass is 9.68. The van der Waals surface area contributed by atoms with E-state index in [1.165, 1.54) is 70.4 Å². The minimum Gasteiger partial charge on any atom is -0.0803 e. The van der Waals surface area contributed by atoms with Crippen LogP contribution in [0, 0.1) is 0 Å². The van der Waals surface area contributed by atoms with Crippen molar-refractivity contribution < 1.29 is 0 Å². The molecule has 0 bridgehead atoms. The van der Waals surface area contributed by atoms with E-state index in [1.807, 2.05) is 0 Å². The Morgan fingerprint density at radius 1 is 0.417 bits per heavy atom. The molecule has 0 atom stereocenters. The van der Waals surface area contributed by atoms with Crippen LogP contribution in [0.25, 0.3) is 0 Å². The molecular weight excluding hydrogens is 143 g/mol. The Labute approximate surface area is 78.4 Å². The SMILES string of the molecule is [B]1CCCCCCCCCCC1. The Hall–Kier alpha value is 0.0649. The largest absolute Gasteiger partial charge is 0.109 e. The molecule has 1 fully saturated rings. The maximum Gasteiger partial charge on any atom is 0.109 e. The van der Waals surface area contributed by atoms with Gasteiger partial charge in [-0.25, -0.2) is 0 Å². The van der Waals surface area contributed by atoms with Gasteiger partial charge in [0.05, 0.1) is 0 Å². The molecule has 1 aliphatic rings. The highest BCUT2D eigenvalue weighted by atomic mass is 14.0. The minimum atomic E-state index is 1.38. The molecule has 1 saturated heterocycles. The Morgan fingerprint density at radius 2 is 0.750 bits per heavy atom. The summed E-state index contributed by atoms with van der Waals surface area (Å²) in [5, 5.41) is 0. The molecule has 0 aliphatic carbocycles.